The Morgan fingerprint density at radius 1 is 1.41 bits per heavy atom. The molecule has 0 saturated carbocycles. The molecule has 0 aliphatic carbocycles. The Kier molecular flexibility index (Phi) is 4.87. The van der Waals surface area contributed by atoms with Crippen molar-refractivity contribution in [3.8, 4) is 0 Å². The van der Waals surface area contributed by atoms with E-state index in [1.165, 1.54) is 0 Å². The van der Waals surface area contributed by atoms with E-state index < -0.39 is 0 Å². The molecule has 3 nitrogen and oxygen atoms in total. The van der Waals surface area contributed by atoms with Crippen molar-refractivity contribution in [3.63, 3.8) is 0 Å². The monoisotopic (exact) mass is 298 g/mol. The van der Waals surface area contributed by atoms with Crippen LogP contribution in [0.5, 0.6) is 0 Å². The summed E-state index contributed by atoms with van der Waals surface area (Å²) in [5, 5.41) is 0. The third kappa shape index (κ3) is 3.40. The number of benzene rings is 1. The minimum Gasteiger partial charge on any atom is -0.462 e. The molecule has 1 rings (SSSR count). The molecule has 0 N–H and O–H groups in total. The van der Waals surface area contributed by atoms with E-state index in [9.17, 15) is 9.59 Å². The Labute approximate surface area is 109 Å². The summed E-state index contributed by atoms with van der Waals surface area (Å²) in [7, 11) is 0. The van der Waals surface area contributed by atoms with Crippen molar-refractivity contribution < 1.29 is 14.3 Å². The molecule has 1 aromatic carbocycles. The highest BCUT2D eigenvalue weighted by Crippen LogP contribution is 2.16. The minimum absolute atomic E-state index is 0.00325. The highest BCUT2D eigenvalue weighted by Gasteiger charge is 2.15. The lowest BCUT2D eigenvalue weighted by atomic mass is 10.0. The number of Topliss-reactive ketones (excluding diaryl/α,β-unsaturated/α-hetero) is 1. The van der Waals surface area contributed by atoms with Crippen LogP contribution >= 0.6 is 15.9 Å². The van der Waals surface area contributed by atoms with Gasteiger partial charge in [0.25, 0.3) is 0 Å². The number of halogens is 1. The zero-order chi connectivity index (χ0) is 13.0. The largest absolute Gasteiger partial charge is 0.462 e. The molecule has 92 valence electrons. The van der Waals surface area contributed by atoms with Crippen LogP contribution in [-0.4, -0.2) is 23.2 Å². The van der Waals surface area contributed by atoms with Crippen molar-refractivity contribution in [2.75, 3.05) is 6.61 Å². The molecule has 0 aliphatic heterocycles. The Bertz CT molecular complexity index is 438. The van der Waals surface area contributed by atoms with Crippen LogP contribution < -0.4 is 0 Å². The van der Waals surface area contributed by atoms with Crippen LogP contribution in [0.3, 0.4) is 0 Å². The molecule has 0 saturated heterocycles. The fourth-order valence-electron chi connectivity index (χ4n) is 1.48. The summed E-state index contributed by atoms with van der Waals surface area (Å²) in [6, 6.07) is 5.00. The molecule has 17 heavy (non-hydrogen) atoms. The first-order chi connectivity index (χ1) is 7.97. The number of aryl methyl sites for hydroxylation is 1. The molecule has 0 aromatic heterocycles. The van der Waals surface area contributed by atoms with Crippen LogP contribution in [0, 0.1) is 6.92 Å². The molecule has 4 heteroatoms. The second-order valence-corrected chi connectivity index (χ2v) is 5.10. The lowest BCUT2D eigenvalue weighted by Gasteiger charge is -2.08. The van der Waals surface area contributed by atoms with Crippen LogP contribution in [-0.2, 0) is 4.74 Å². The van der Waals surface area contributed by atoms with Crippen LogP contribution in [0.25, 0.3) is 0 Å². The van der Waals surface area contributed by atoms with E-state index in [1.807, 2.05) is 0 Å². The fourth-order valence-corrected chi connectivity index (χ4v) is 1.75. The number of esters is 1. The smallest absolute Gasteiger partial charge is 0.338 e. The fraction of sp³-hybridized carbons (Fsp3) is 0.385. The molecule has 0 heterocycles. The van der Waals surface area contributed by atoms with E-state index in [1.54, 1.807) is 39.0 Å². The topological polar surface area (TPSA) is 43.4 Å². The second kappa shape index (κ2) is 5.96. The number of hydrogen-bond acceptors (Lipinski definition) is 3. The molecule has 1 unspecified atom stereocenters. The molecule has 0 bridgehead atoms. The first-order valence-electron chi connectivity index (χ1n) is 5.43. The van der Waals surface area contributed by atoms with Crippen molar-refractivity contribution in [1.82, 2.24) is 0 Å². The average Bonchev–Trinajstić information content (AvgIpc) is 2.27. The number of ketones is 1. The predicted molar refractivity (Wildman–Crippen MR) is 69.9 cm³/mol. The lowest BCUT2D eigenvalue weighted by molar-refractivity contribution is 0.0525. The third-order valence-electron chi connectivity index (χ3n) is 2.37. The van der Waals surface area contributed by atoms with Gasteiger partial charge in [-0.05, 0) is 38.5 Å². The lowest BCUT2D eigenvalue weighted by Crippen LogP contribution is -2.12. The zero-order valence-corrected chi connectivity index (χ0v) is 11.7. The Morgan fingerprint density at radius 3 is 2.53 bits per heavy atom. The number of hydrogen-bond donors (Lipinski definition) is 0. The number of carbonyl (C=O) groups excluding carboxylic acids is 2. The second-order valence-electron chi connectivity index (χ2n) is 3.73. The molecule has 1 atom stereocenters. The summed E-state index contributed by atoms with van der Waals surface area (Å²) in [5.41, 5.74) is 1.85. The van der Waals surface area contributed by atoms with Gasteiger partial charge in [0.05, 0.1) is 17.0 Å². The summed E-state index contributed by atoms with van der Waals surface area (Å²) >= 11 is 3.23. The summed E-state index contributed by atoms with van der Waals surface area (Å²) < 4.78 is 4.92. The Balaban J connectivity index is 3.02. The van der Waals surface area contributed by atoms with Gasteiger partial charge in [0.2, 0.25) is 0 Å². The Morgan fingerprint density at radius 2 is 2.06 bits per heavy atom. The van der Waals surface area contributed by atoms with Crippen LogP contribution in [0.2, 0.25) is 0 Å². The molecular formula is C13H15BrO3. The van der Waals surface area contributed by atoms with Crippen LogP contribution in [0.15, 0.2) is 18.2 Å². The van der Waals surface area contributed by atoms with E-state index >= 15 is 0 Å². The number of rotatable bonds is 4. The van der Waals surface area contributed by atoms with Crippen LogP contribution in [0.1, 0.15) is 40.1 Å². The van der Waals surface area contributed by atoms with E-state index in [0.29, 0.717) is 17.7 Å². The molecule has 1 aromatic rings. The summed E-state index contributed by atoms with van der Waals surface area (Å²) in [6.45, 7) is 5.67. The van der Waals surface area contributed by atoms with Gasteiger partial charge in [-0.3, -0.25) is 4.79 Å². The quantitative estimate of drug-likeness (QED) is 0.487. The first-order valence-corrected chi connectivity index (χ1v) is 6.35. The van der Waals surface area contributed by atoms with Crippen molar-refractivity contribution >= 4 is 27.7 Å². The summed E-state index contributed by atoms with van der Waals surface area (Å²) in [5.74, 6) is -0.348. The van der Waals surface area contributed by atoms with Crippen molar-refractivity contribution in [2.24, 2.45) is 0 Å². The average molecular weight is 299 g/mol. The van der Waals surface area contributed by atoms with E-state index in [0.717, 1.165) is 5.56 Å². The maximum atomic E-state index is 11.7. The van der Waals surface area contributed by atoms with E-state index in [4.69, 9.17) is 4.74 Å². The highest BCUT2D eigenvalue weighted by molar-refractivity contribution is 9.10. The van der Waals surface area contributed by atoms with Gasteiger partial charge in [-0.15, -0.1) is 0 Å². The Hall–Kier alpha value is -1.16. The number of alkyl halides is 1. The summed E-state index contributed by atoms with van der Waals surface area (Å²) in [6.07, 6.45) is 0. The molecule has 0 aliphatic rings. The zero-order valence-electron chi connectivity index (χ0n) is 10.1. The molecule has 0 fully saturated rings. The SMILES string of the molecule is CCOC(=O)c1ccc(C(=O)C(C)Br)cc1C. The van der Waals surface area contributed by atoms with Crippen molar-refractivity contribution in [1.29, 1.82) is 0 Å². The molecular weight excluding hydrogens is 284 g/mol. The molecule has 0 spiro atoms. The van der Waals surface area contributed by atoms with E-state index in [2.05, 4.69) is 15.9 Å². The first kappa shape index (κ1) is 13.9. The summed E-state index contributed by atoms with van der Waals surface area (Å²) in [4.78, 5) is 23.1. The van der Waals surface area contributed by atoms with Gasteiger partial charge in [0.1, 0.15) is 0 Å². The van der Waals surface area contributed by atoms with Gasteiger partial charge in [0, 0.05) is 5.56 Å². The number of ether oxygens (including phenoxy) is 1. The maximum absolute atomic E-state index is 11.7. The number of carbonyl (C=O) groups is 2. The standard InChI is InChI=1S/C13H15BrO3/c1-4-17-13(16)11-6-5-10(7-8(11)2)12(15)9(3)14/h5-7,9H,4H2,1-3H3. The van der Waals surface area contributed by atoms with Crippen molar-refractivity contribution in [3.05, 3.63) is 34.9 Å². The van der Waals surface area contributed by atoms with Gasteiger partial charge in [-0.25, -0.2) is 4.79 Å². The predicted octanol–water partition coefficient (Wildman–Crippen LogP) is 3.14. The van der Waals surface area contributed by atoms with Gasteiger partial charge < -0.3 is 4.74 Å². The van der Waals surface area contributed by atoms with Crippen molar-refractivity contribution in [2.45, 2.75) is 25.6 Å². The van der Waals surface area contributed by atoms with E-state index in [-0.39, 0.29) is 16.6 Å². The van der Waals surface area contributed by atoms with Gasteiger partial charge in [-0.2, -0.15) is 0 Å². The van der Waals surface area contributed by atoms with Crippen LogP contribution in [0.4, 0.5) is 0 Å². The minimum atomic E-state index is -0.351. The highest BCUT2D eigenvalue weighted by atomic mass is 79.9. The molecule has 0 amide bonds. The van der Waals surface area contributed by atoms with Gasteiger partial charge in [-0.1, -0.05) is 22.0 Å². The maximum Gasteiger partial charge on any atom is 0.338 e. The third-order valence-corrected chi connectivity index (χ3v) is 2.78. The van der Waals surface area contributed by atoms with Gasteiger partial charge >= 0.3 is 5.97 Å². The molecule has 0 radical (unpaired) electrons. The normalized spacial score (nSPS) is 12.0. The van der Waals surface area contributed by atoms with Gasteiger partial charge in [0.15, 0.2) is 5.78 Å².